The first-order valence-electron chi connectivity index (χ1n) is 9.45. The molecule has 2 rings (SSSR count). The maximum Gasteiger partial charge on any atom is 0.355 e. The van der Waals surface area contributed by atoms with Gasteiger partial charge in [-0.25, -0.2) is 9.59 Å². The van der Waals surface area contributed by atoms with E-state index < -0.39 is 11.9 Å². The average molecular weight is 378 g/mol. The van der Waals surface area contributed by atoms with E-state index in [1.165, 1.54) is 0 Å². The molecular weight excluding hydrogens is 348 g/mol. The Morgan fingerprint density at radius 1 is 1.11 bits per heavy atom. The van der Waals surface area contributed by atoms with Gasteiger partial charge in [-0.3, -0.25) is 4.79 Å². The van der Waals surface area contributed by atoms with Gasteiger partial charge in [0.2, 0.25) is 0 Å². The van der Waals surface area contributed by atoms with Gasteiger partial charge in [-0.2, -0.15) is 0 Å². The molecule has 2 atom stereocenters. The monoisotopic (exact) mass is 378 g/mol. The summed E-state index contributed by atoms with van der Waals surface area (Å²) in [5.41, 5.74) is 1.52. The second-order valence-electron chi connectivity index (χ2n) is 7.90. The predicted molar refractivity (Wildman–Crippen MR) is 101 cm³/mol. The molecule has 1 aliphatic heterocycles. The molecule has 1 aliphatic rings. The lowest BCUT2D eigenvalue weighted by Crippen LogP contribution is -2.44. The quantitative estimate of drug-likeness (QED) is 0.796. The van der Waals surface area contributed by atoms with E-state index in [0.29, 0.717) is 41.7 Å². The smallest absolute Gasteiger partial charge is 0.355 e. The molecule has 0 radical (unpaired) electrons. The zero-order valence-corrected chi connectivity index (χ0v) is 17.0. The topological polar surface area (TPSA) is 88.7 Å². The minimum atomic E-state index is -0.648. The Kier molecular flexibility index (Phi) is 6.68. The van der Waals surface area contributed by atoms with Gasteiger partial charge in [0.15, 0.2) is 6.61 Å². The molecule has 0 unspecified atom stereocenters. The van der Waals surface area contributed by atoms with Crippen LogP contribution in [0.25, 0.3) is 0 Å². The molecular formula is C20H30N2O5. The predicted octanol–water partition coefficient (Wildman–Crippen LogP) is 2.86. The van der Waals surface area contributed by atoms with Gasteiger partial charge >= 0.3 is 11.9 Å². The molecule has 0 saturated carbocycles. The summed E-state index contributed by atoms with van der Waals surface area (Å²) >= 11 is 0. The second kappa shape index (κ2) is 8.59. The molecule has 0 bridgehead atoms. The number of hydrogen-bond acceptors (Lipinski definition) is 5. The number of H-pyrrole nitrogens is 1. The van der Waals surface area contributed by atoms with Crippen LogP contribution in [0.15, 0.2) is 0 Å². The van der Waals surface area contributed by atoms with Crippen LogP contribution < -0.4 is 0 Å². The Hall–Kier alpha value is -2.31. The van der Waals surface area contributed by atoms with Crippen LogP contribution in [0.1, 0.15) is 66.2 Å². The molecule has 1 saturated heterocycles. The van der Waals surface area contributed by atoms with Crippen LogP contribution in [-0.4, -0.2) is 53.5 Å². The van der Waals surface area contributed by atoms with Gasteiger partial charge in [-0.1, -0.05) is 13.8 Å². The fraction of sp³-hybridized carbons (Fsp3) is 0.650. The number of esters is 2. The maximum atomic E-state index is 12.4. The molecule has 0 aromatic carbocycles. The highest BCUT2D eigenvalue weighted by atomic mass is 16.5. The molecule has 0 aliphatic carbocycles. The van der Waals surface area contributed by atoms with Crippen LogP contribution in [0.2, 0.25) is 0 Å². The van der Waals surface area contributed by atoms with Crippen molar-refractivity contribution in [2.24, 2.45) is 11.8 Å². The third kappa shape index (κ3) is 5.11. The van der Waals surface area contributed by atoms with E-state index in [0.717, 1.165) is 6.42 Å². The number of nitrogens with zero attached hydrogens (tertiary/aromatic N) is 1. The molecule has 1 aromatic rings. The third-order valence-electron chi connectivity index (χ3n) is 4.74. The van der Waals surface area contributed by atoms with Crippen molar-refractivity contribution in [3.63, 3.8) is 0 Å². The van der Waals surface area contributed by atoms with Crippen molar-refractivity contribution in [2.45, 2.75) is 54.1 Å². The number of amides is 1. The van der Waals surface area contributed by atoms with E-state index in [2.05, 4.69) is 18.8 Å². The highest BCUT2D eigenvalue weighted by molar-refractivity contribution is 5.99. The van der Waals surface area contributed by atoms with Gasteiger partial charge in [-0.15, -0.1) is 0 Å². The highest BCUT2D eigenvalue weighted by Crippen LogP contribution is 2.22. The van der Waals surface area contributed by atoms with Crippen molar-refractivity contribution in [1.29, 1.82) is 0 Å². The fourth-order valence-corrected chi connectivity index (χ4v) is 3.69. The number of aromatic amines is 1. The van der Waals surface area contributed by atoms with Crippen molar-refractivity contribution in [3.8, 4) is 0 Å². The lowest BCUT2D eigenvalue weighted by atomic mass is 9.92. The summed E-state index contributed by atoms with van der Waals surface area (Å²) in [6.45, 7) is 12.2. The van der Waals surface area contributed by atoms with Crippen LogP contribution in [0, 0.1) is 25.7 Å². The summed E-state index contributed by atoms with van der Waals surface area (Å²) in [4.78, 5) is 41.6. The lowest BCUT2D eigenvalue weighted by Gasteiger charge is -2.34. The first kappa shape index (κ1) is 21.0. The number of aromatic nitrogens is 1. The first-order chi connectivity index (χ1) is 12.6. The number of ether oxygens (including phenoxy) is 2. The van der Waals surface area contributed by atoms with Gasteiger partial charge in [0.25, 0.3) is 5.91 Å². The molecule has 7 nitrogen and oxygen atoms in total. The van der Waals surface area contributed by atoms with E-state index in [-0.39, 0.29) is 24.3 Å². The normalized spacial score (nSPS) is 19.9. The number of likely N-dealkylation sites (tertiary alicyclic amines) is 1. The van der Waals surface area contributed by atoms with Crippen molar-refractivity contribution in [1.82, 2.24) is 9.88 Å². The summed E-state index contributed by atoms with van der Waals surface area (Å²) in [7, 11) is 0. The Balaban J connectivity index is 2.02. The molecule has 7 heteroatoms. The summed E-state index contributed by atoms with van der Waals surface area (Å²) in [5, 5.41) is 0. The molecule has 1 fully saturated rings. The number of carbonyl (C=O) groups is 3. The standard InChI is InChI=1S/C20H30N2O5/c1-11(2)27-19(24)17-14(5)18(21-15(17)6)20(25)26-10-16(23)22-8-12(3)7-13(4)9-22/h11-13,21H,7-10H2,1-6H3/t12-,13-/m1/s1. The van der Waals surface area contributed by atoms with Crippen LogP contribution >= 0.6 is 0 Å². The summed E-state index contributed by atoms with van der Waals surface area (Å²) in [6, 6.07) is 0. The Morgan fingerprint density at radius 2 is 1.70 bits per heavy atom. The number of carbonyl (C=O) groups excluding carboxylic acids is 3. The van der Waals surface area contributed by atoms with Gasteiger partial charge in [0.1, 0.15) is 5.69 Å². The Labute approximate surface area is 160 Å². The van der Waals surface area contributed by atoms with Gasteiger partial charge in [-0.05, 0) is 51.5 Å². The highest BCUT2D eigenvalue weighted by Gasteiger charge is 2.28. The SMILES string of the molecule is Cc1[nH]c(C(=O)OCC(=O)N2C[C@H](C)C[C@@H](C)C2)c(C)c1C(=O)OC(C)C. The summed E-state index contributed by atoms with van der Waals surface area (Å²) < 4.78 is 10.4. The Morgan fingerprint density at radius 3 is 2.26 bits per heavy atom. The van der Waals surface area contributed by atoms with E-state index in [1.807, 2.05) is 0 Å². The van der Waals surface area contributed by atoms with Crippen molar-refractivity contribution < 1.29 is 23.9 Å². The zero-order chi connectivity index (χ0) is 20.3. The minimum Gasteiger partial charge on any atom is -0.459 e. The molecule has 27 heavy (non-hydrogen) atoms. The van der Waals surface area contributed by atoms with E-state index >= 15 is 0 Å². The van der Waals surface area contributed by atoms with E-state index in [9.17, 15) is 14.4 Å². The maximum absolute atomic E-state index is 12.4. The first-order valence-corrected chi connectivity index (χ1v) is 9.45. The second-order valence-corrected chi connectivity index (χ2v) is 7.90. The van der Waals surface area contributed by atoms with Gasteiger partial charge in [0, 0.05) is 18.8 Å². The van der Waals surface area contributed by atoms with Gasteiger partial charge < -0.3 is 19.4 Å². The molecule has 1 N–H and O–H groups in total. The van der Waals surface area contributed by atoms with Crippen molar-refractivity contribution in [2.75, 3.05) is 19.7 Å². The van der Waals surface area contributed by atoms with Crippen LogP contribution in [0.4, 0.5) is 0 Å². The van der Waals surface area contributed by atoms with Crippen LogP contribution in [0.5, 0.6) is 0 Å². The number of hydrogen-bond donors (Lipinski definition) is 1. The molecule has 1 aromatic heterocycles. The van der Waals surface area contributed by atoms with Crippen molar-refractivity contribution in [3.05, 3.63) is 22.5 Å². The number of piperidine rings is 1. The molecule has 1 amide bonds. The molecule has 150 valence electrons. The number of aryl methyl sites for hydroxylation is 1. The lowest BCUT2D eigenvalue weighted by molar-refractivity contribution is -0.137. The largest absolute Gasteiger partial charge is 0.459 e. The van der Waals surface area contributed by atoms with Crippen LogP contribution in [-0.2, 0) is 14.3 Å². The third-order valence-corrected chi connectivity index (χ3v) is 4.74. The fourth-order valence-electron chi connectivity index (χ4n) is 3.69. The number of nitrogens with one attached hydrogen (secondary N) is 1. The van der Waals surface area contributed by atoms with Crippen molar-refractivity contribution >= 4 is 17.8 Å². The zero-order valence-electron chi connectivity index (χ0n) is 17.0. The number of rotatable bonds is 5. The Bertz CT molecular complexity index is 712. The minimum absolute atomic E-state index is 0.177. The van der Waals surface area contributed by atoms with Gasteiger partial charge in [0.05, 0.1) is 11.7 Å². The van der Waals surface area contributed by atoms with Crippen LogP contribution in [0.3, 0.4) is 0 Å². The molecule has 0 spiro atoms. The average Bonchev–Trinajstić information content (AvgIpc) is 2.85. The summed E-state index contributed by atoms with van der Waals surface area (Å²) in [5.74, 6) is -0.442. The summed E-state index contributed by atoms with van der Waals surface area (Å²) in [6.07, 6.45) is 0.841. The van der Waals surface area contributed by atoms with E-state index in [1.54, 1.807) is 32.6 Å². The molecule has 2 heterocycles. The van der Waals surface area contributed by atoms with E-state index in [4.69, 9.17) is 9.47 Å².